The first-order valence-electron chi connectivity index (χ1n) is 5.09. The smallest absolute Gasteiger partial charge is 0.432 e. The van der Waals surface area contributed by atoms with Gasteiger partial charge in [-0.25, -0.2) is 0 Å². The highest BCUT2D eigenvalue weighted by molar-refractivity contribution is 6.16. The van der Waals surface area contributed by atoms with E-state index in [1.807, 2.05) is 0 Å². The number of hydrogen-bond acceptors (Lipinski definition) is 4. The molecule has 0 aliphatic rings. The van der Waals surface area contributed by atoms with Crippen molar-refractivity contribution in [2.45, 2.75) is 12.2 Å². The number of hydrogen-bond donors (Lipinski definition) is 1. The van der Waals surface area contributed by atoms with Gasteiger partial charge < -0.3 is 14.5 Å². The zero-order chi connectivity index (χ0) is 13.9. The molecule has 0 saturated heterocycles. The topological polar surface area (TPSA) is 47.3 Å². The van der Waals surface area contributed by atoms with Crippen molar-refractivity contribution < 1.29 is 22.3 Å². The first kappa shape index (κ1) is 13.5. The lowest BCUT2D eigenvalue weighted by Gasteiger charge is -2.09. The summed E-state index contributed by atoms with van der Waals surface area (Å²) in [7, 11) is 0. The number of oxazole rings is 1. The molecule has 19 heavy (non-hydrogen) atoms. The molecule has 0 aliphatic carbocycles. The Balaban J connectivity index is 2.10. The Kier molecular flexibility index (Phi) is 3.84. The number of benzene rings is 1. The summed E-state index contributed by atoms with van der Waals surface area (Å²) in [6.07, 6.45) is -3.38. The van der Waals surface area contributed by atoms with Crippen LogP contribution in [0.4, 0.5) is 24.9 Å². The molecule has 0 spiro atoms. The summed E-state index contributed by atoms with van der Waals surface area (Å²) < 4.78 is 45.0. The average Bonchev–Trinajstić information content (AvgIpc) is 2.75. The lowest BCUT2D eigenvalue weighted by Crippen LogP contribution is -2.17. The highest BCUT2D eigenvalue weighted by atomic mass is 35.5. The van der Waals surface area contributed by atoms with Crippen LogP contribution in [0.15, 0.2) is 34.9 Å². The molecule has 8 heteroatoms. The van der Waals surface area contributed by atoms with Crippen molar-refractivity contribution >= 4 is 23.3 Å². The predicted octanol–water partition coefficient (Wildman–Crippen LogP) is 4.06. The van der Waals surface area contributed by atoms with E-state index >= 15 is 0 Å². The van der Waals surface area contributed by atoms with Crippen molar-refractivity contribution in [1.82, 2.24) is 4.98 Å². The van der Waals surface area contributed by atoms with Crippen LogP contribution in [0.3, 0.4) is 0 Å². The third-order valence-corrected chi connectivity index (χ3v) is 2.28. The van der Waals surface area contributed by atoms with Gasteiger partial charge in [0.1, 0.15) is 12.0 Å². The van der Waals surface area contributed by atoms with Crippen LogP contribution in [-0.4, -0.2) is 11.3 Å². The molecule has 0 radical (unpaired) electrons. The lowest BCUT2D eigenvalue weighted by molar-refractivity contribution is -0.274. The fraction of sp³-hybridized carbons (Fsp3) is 0.182. The second-order valence-corrected chi connectivity index (χ2v) is 3.75. The van der Waals surface area contributed by atoms with Gasteiger partial charge in [0.05, 0.1) is 11.6 Å². The van der Waals surface area contributed by atoms with Gasteiger partial charge in [-0.2, -0.15) is 4.98 Å². The van der Waals surface area contributed by atoms with Crippen molar-refractivity contribution in [3.05, 3.63) is 36.2 Å². The molecule has 2 rings (SSSR count). The molecule has 0 unspecified atom stereocenters. The number of ether oxygens (including phenoxy) is 1. The van der Waals surface area contributed by atoms with Gasteiger partial charge in [0.15, 0.2) is 0 Å². The van der Waals surface area contributed by atoms with Crippen molar-refractivity contribution in [2.24, 2.45) is 0 Å². The molecule has 0 aliphatic heterocycles. The standard InChI is InChI=1S/C11H8ClF3N2O2/c12-5-8-6-18-10(17-8)16-7-2-1-3-9(4-7)19-11(13,14)15/h1-4,6H,5H2,(H,16,17). The van der Waals surface area contributed by atoms with Gasteiger partial charge in [0.25, 0.3) is 6.01 Å². The number of alkyl halides is 4. The number of nitrogens with one attached hydrogen (secondary N) is 1. The molecular weight excluding hydrogens is 285 g/mol. The van der Waals surface area contributed by atoms with Crippen molar-refractivity contribution in [1.29, 1.82) is 0 Å². The van der Waals surface area contributed by atoms with E-state index in [0.29, 0.717) is 11.4 Å². The van der Waals surface area contributed by atoms with Crippen LogP contribution in [0.5, 0.6) is 5.75 Å². The van der Waals surface area contributed by atoms with Gasteiger partial charge in [-0.15, -0.1) is 24.8 Å². The van der Waals surface area contributed by atoms with Crippen molar-refractivity contribution in [3.63, 3.8) is 0 Å². The quantitative estimate of drug-likeness (QED) is 0.863. The zero-order valence-electron chi connectivity index (χ0n) is 9.37. The van der Waals surface area contributed by atoms with Gasteiger partial charge in [0.2, 0.25) is 0 Å². The summed E-state index contributed by atoms with van der Waals surface area (Å²) in [4.78, 5) is 3.96. The van der Waals surface area contributed by atoms with E-state index in [4.69, 9.17) is 16.0 Å². The SMILES string of the molecule is FC(F)(F)Oc1cccc(Nc2nc(CCl)co2)c1. The second kappa shape index (κ2) is 5.40. The van der Waals surface area contributed by atoms with Gasteiger partial charge in [0, 0.05) is 11.8 Å². The van der Waals surface area contributed by atoms with Crippen LogP contribution in [0, 0.1) is 0 Å². The van der Waals surface area contributed by atoms with Gasteiger partial charge >= 0.3 is 6.36 Å². The molecule has 0 amide bonds. The van der Waals surface area contributed by atoms with Crippen LogP contribution in [0.25, 0.3) is 0 Å². The van der Waals surface area contributed by atoms with E-state index in [9.17, 15) is 13.2 Å². The van der Waals surface area contributed by atoms with Crippen LogP contribution in [0.1, 0.15) is 5.69 Å². The first-order chi connectivity index (χ1) is 8.96. The van der Waals surface area contributed by atoms with Gasteiger partial charge in [-0.1, -0.05) is 6.07 Å². The predicted molar refractivity (Wildman–Crippen MR) is 62.5 cm³/mol. The van der Waals surface area contributed by atoms with E-state index in [1.165, 1.54) is 24.5 Å². The minimum atomic E-state index is -4.73. The molecule has 0 fully saturated rings. The molecule has 1 N–H and O–H groups in total. The van der Waals surface area contributed by atoms with Crippen LogP contribution < -0.4 is 10.1 Å². The number of aromatic nitrogens is 1. The van der Waals surface area contributed by atoms with E-state index in [2.05, 4.69) is 15.0 Å². The third-order valence-electron chi connectivity index (χ3n) is 2.01. The highest BCUT2D eigenvalue weighted by Gasteiger charge is 2.31. The number of anilines is 2. The molecule has 1 aromatic carbocycles. The van der Waals surface area contributed by atoms with E-state index in [0.717, 1.165) is 0 Å². The number of nitrogens with zero attached hydrogens (tertiary/aromatic N) is 1. The molecule has 0 atom stereocenters. The summed E-state index contributed by atoms with van der Waals surface area (Å²) in [5.74, 6) is -0.149. The average molecular weight is 293 g/mol. The Bertz CT molecular complexity index is 557. The molecule has 1 heterocycles. The van der Waals surface area contributed by atoms with Gasteiger partial charge in [-0.05, 0) is 12.1 Å². The minimum Gasteiger partial charge on any atom is -0.432 e. The Labute approximate surface area is 111 Å². The second-order valence-electron chi connectivity index (χ2n) is 3.48. The Morgan fingerprint density at radius 2 is 2.16 bits per heavy atom. The normalized spacial score (nSPS) is 11.4. The molecule has 0 saturated carbocycles. The third kappa shape index (κ3) is 4.06. The summed E-state index contributed by atoms with van der Waals surface area (Å²) in [5, 5.41) is 2.70. The van der Waals surface area contributed by atoms with Crippen molar-refractivity contribution in [3.8, 4) is 5.75 Å². The number of rotatable bonds is 4. The Morgan fingerprint density at radius 1 is 1.37 bits per heavy atom. The fourth-order valence-corrected chi connectivity index (χ4v) is 1.44. The summed E-state index contributed by atoms with van der Waals surface area (Å²) in [5.41, 5.74) is 0.872. The summed E-state index contributed by atoms with van der Waals surface area (Å²) in [6, 6.07) is 5.47. The van der Waals surface area contributed by atoms with Gasteiger partial charge in [-0.3, -0.25) is 0 Å². The maximum Gasteiger partial charge on any atom is 0.573 e. The lowest BCUT2D eigenvalue weighted by atomic mass is 10.3. The summed E-state index contributed by atoms with van der Waals surface area (Å²) >= 11 is 5.55. The van der Waals surface area contributed by atoms with Crippen LogP contribution in [0.2, 0.25) is 0 Å². The molecule has 4 nitrogen and oxygen atoms in total. The Hall–Kier alpha value is -1.89. The Morgan fingerprint density at radius 3 is 2.79 bits per heavy atom. The molecule has 102 valence electrons. The molecular formula is C11H8ClF3N2O2. The fourth-order valence-electron chi connectivity index (χ4n) is 1.32. The maximum absolute atomic E-state index is 12.1. The van der Waals surface area contributed by atoms with E-state index in [-0.39, 0.29) is 17.6 Å². The maximum atomic E-state index is 12.1. The van der Waals surface area contributed by atoms with Crippen LogP contribution in [-0.2, 0) is 5.88 Å². The van der Waals surface area contributed by atoms with Crippen molar-refractivity contribution in [2.75, 3.05) is 5.32 Å². The van der Waals surface area contributed by atoms with E-state index in [1.54, 1.807) is 6.07 Å². The first-order valence-corrected chi connectivity index (χ1v) is 5.63. The summed E-state index contributed by atoms with van der Waals surface area (Å²) in [6.45, 7) is 0. The van der Waals surface area contributed by atoms with Crippen LogP contribution >= 0.6 is 11.6 Å². The number of halogens is 4. The zero-order valence-corrected chi connectivity index (χ0v) is 10.1. The van der Waals surface area contributed by atoms with E-state index < -0.39 is 6.36 Å². The molecule has 0 bridgehead atoms. The highest BCUT2D eigenvalue weighted by Crippen LogP contribution is 2.26. The minimum absolute atomic E-state index is 0.139. The monoisotopic (exact) mass is 292 g/mol. The molecule has 1 aromatic heterocycles. The largest absolute Gasteiger partial charge is 0.573 e. The molecule has 2 aromatic rings.